The van der Waals surface area contributed by atoms with Gasteiger partial charge >= 0.3 is 0 Å². The maximum Gasteiger partial charge on any atom is 0.293 e. The lowest BCUT2D eigenvalue weighted by molar-refractivity contribution is -0.128. The number of carbonyl (C=O) groups is 1. The normalized spacial score (nSPS) is 9.26. The molecule has 0 saturated heterocycles. The molecule has 0 aliphatic carbocycles. The average Bonchev–Trinajstić information content (AvgIpc) is 2.96. The topological polar surface area (TPSA) is 51.9 Å². The number of hydrogen-bond donors (Lipinski definition) is 0. The van der Waals surface area contributed by atoms with Crippen LogP contribution < -0.4 is 9.64 Å². The number of methoxy groups -OCH3 is 1. The number of aryl methyl sites for hydroxylation is 2. The summed E-state index contributed by atoms with van der Waals surface area (Å²) >= 11 is 0. The van der Waals surface area contributed by atoms with Crippen molar-refractivity contribution in [2.75, 3.05) is 31.7 Å². The molecule has 5 heteroatoms. The summed E-state index contributed by atoms with van der Waals surface area (Å²) in [4.78, 5) is 11.3. The third-order valence-corrected chi connectivity index (χ3v) is 3.75. The number of furan rings is 1. The molecule has 0 unspecified atom stereocenters. The molecule has 1 heterocycles. The van der Waals surface area contributed by atoms with Crippen molar-refractivity contribution in [3.05, 3.63) is 48.8 Å². The second-order valence-corrected chi connectivity index (χ2v) is 5.34. The maximum absolute atomic E-state index is 9.18. The van der Waals surface area contributed by atoms with E-state index in [1.54, 1.807) is 14.0 Å². The van der Waals surface area contributed by atoms with Crippen molar-refractivity contribution in [2.24, 2.45) is 0 Å². The molecule has 1 aromatic heterocycles. The summed E-state index contributed by atoms with van der Waals surface area (Å²) in [5, 5.41) is 1.10. The second-order valence-electron chi connectivity index (χ2n) is 5.34. The van der Waals surface area contributed by atoms with E-state index in [4.69, 9.17) is 9.15 Å². The zero-order valence-corrected chi connectivity index (χ0v) is 17.5. The van der Waals surface area contributed by atoms with Gasteiger partial charge in [0.05, 0.1) is 19.4 Å². The highest BCUT2D eigenvalue weighted by Crippen LogP contribution is 2.36. The number of ether oxygens (including phenoxy) is 2. The molecule has 0 spiro atoms. The monoisotopic (exact) mass is 375 g/mol. The molecule has 0 aliphatic heterocycles. The van der Waals surface area contributed by atoms with Crippen LogP contribution in [0.4, 0.5) is 5.69 Å². The molecule has 27 heavy (non-hydrogen) atoms. The summed E-state index contributed by atoms with van der Waals surface area (Å²) in [5.74, 6) is 1.78. The highest BCUT2D eigenvalue weighted by atomic mass is 16.5. The van der Waals surface area contributed by atoms with E-state index in [-0.39, 0.29) is 0 Å². The van der Waals surface area contributed by atoms with Crippen molar-refractivity contribution in [1.82, 2.24) is 0 Å². The van der Waals surface area contributed by atoms with E-state index in [9.17, 15) is 4.79 Å². The van der Waals surface area contributed by atoms with E-state index in [2.05, 4.69) is 29.7 Å². The summed E-state index contributed by atoms with van der Waals surface area (Å²) in [6.45, 7) is 19.8. The van der Waals surface area contributed by atoms with Crippen LogP contribution in [0.5, 0.6) is 5.75 Å². The van der Waals surface area contributed by atoms with Gasteiger partial charge < -0.3 is 18.8 Å². The number of hydrogen-bond acceptors (Lipinski definition) is 5. The minimum absolute atomic E-state index is 0.431. The second kappa shape index (κ2) is 13.5. The smallest absolute Gasteiger partial charge is 0.293 e. The van der Waals surface area contributed by atoms with Gasteiger partial charge in [0.2, 0.25) is 0 Å². The van der Waals surface area contributed by atoms with E-state index in [0.717, 1.165) is 46.8 Å². The Hall–Kier alpha value is -2.69. The lowest BCUT2D eigenvalue weighted by atomic mass is 10.1. The van der Waals surface area contributed by atoms with E-state index >= 15 is 0 Å². The van der Waals surface area contributed by atoms with Gasteiger partial charge in [0, 0.05) is 24.5 Å². The van der Waals surface area contributed by atoms with Gasteiger partial charge in [0.25, 0.3) is 6.47 Å². The van der Waals surface area contributed by atoms with Gasteiger partial charge in [-0.15, -0.1) is 13.2 Å². The SMILES string of the molecule is C=CCN(CC=C)c1cc2oc(C)c(C)c2cc1OC.CC.CCOC=O. The molecule has 150 valence electrons. The van der Waals surface area contributed by atoms with Gasteiger partial charge in [-0.1, -0.05) is 26.0 Å². The van der Waals surface area contributed by atoms with Crippen LogP contribution in [-0.4, -0.2) is 33.3 Å². The molecule has 0 saturated carbocycles. The van der Waals surface area contributed by atoms with E-state index in [0.29, 0.717) is 13.1 Å². The molecule has 2 aromatic rings. The van der Waals surface area contributed by atoms with E-state index in [1.165, 1.54) is 0 Å². The van der Waals surface area contributed by atoms with Crippen molar-refractivity contribution in [2.45, 2.75) is 34.6 Å². The zero-order chi connectivity index (χ0) is 20.8. The number of rotatable bonds is 8. The van der Waals surface area contributed by atoms with Gasteiger partial charge in [-0.05, 0) is 32.4 Å². The predicted molar refractivity (Wildman–Crippen MR) is 114 cm³/mol. The van der Waals surface area contributed by atoms with Crippen LogP contribution in [-0.2, 0) is 9.53 Å². The molecule has 0 radical (unpaired) electrons. The minimum Gasteiger partial charge on any atom is -0.495 e. The molecule has 0 atom stereocenters. The van der Waals surface area contributed by atoms with Crippen molar-refractivity contribution in [3.8, 4) is 5.75 Å². The molecular formula is C22H33NO4. The maximum atomic E-state index is 9.18. The van der Waals surface area contributed by atoms with Crippen LogP contribution in [0.15, 0.2) is 41.9 Å². The molecule has 2 rings (SSSR count). The van der Waals surface area contributed by atoms with Crippen molar-refractivity contribution in [1.29, 1.82) is 0 Å². The Kier molecular flexibility index (Phi) is 12.2. The number of benzene rings is 1. The molecule has 0 fully saturated rings. The number of anilines is 1. The van der Waals surface area contributed by atoms with Crippen molar-refractivity contribution < 1.29 is 18.7 Å². The third-order valence-electron chi connectivity index (χ3n) is 3.75. The highest BCUT2D eigenvalue weighted by molar-refractivity contribution is 5.88. The van der Waals surface area contributed by atoms with Gasteiger partial charge in [0.15, 0.2) is 0 Å². The largest absolute Gasteiger partial charge is 0.495 e. The first-order valence-corrected chi connectivity index (χ1v) is 9.13. The van der Waals surface area contributed by atoms with Gasteiger partial charge in [0.1, 0.15) is 17.1 Å². The Morgan fingerprint density at radius 3 is 2.15 bits per heavy atom. The van der Waals surface area contributed by atoms with Gasteiger partial charge in [-0.25, -0.2) is 0 Å². The first kappa shape index (κ1) is 24.3. The van der Waals surface area contributed by atoms with Gasteiger partial charge in [-0.3, -0.25) is 4.79 Å². The fourth-order valence-electron chi connectivity index (χ4n) is 2.42. The Labute approximate surface area is 163 Å². The number of nitrogens with zero attached hydrogens (tertiary/aromatic N) is 1. The fraction of sp³-hybridized carbons (Fsp3) is 0.409. The Morgan fingerprint density at radius 1 is 1.15 bits per heavy atom. The Bertz CT molecular complexity index is 709. The molecule has 0 aliphatic rings. The minimum atomic E-state index is 0.431. The van der Waals surface area contributed by atoms with Crippen LogP contribution in [0, 0.1) is 13.8 Å². The van der Waals surface area contributed by atoms with Crippen LogP contribution in [0.3, 0.4) is 0 Å². The molecular weight excluding hydrogens is 342 g/mol. The van der Waals surface area contributed by atoms with E-state index < -0.39 is 0 Å². The summed E-state index contributed by atoms with van der Waals surface area (Å²) in [6.07, 6.45) is 3.73. The fourth-order valence-corrected chi connectivity index (χ4v) is 2.42. The molecule has 0 amide bonds. The predicted octanol–water partition coefficient (Wildman–Crippen LogP) is 5.44. The summed E-state index contributed by atoms with van der Waals surface area (Å²) in [6, 6.07) is 4.07. The lowest BCUT2D eigenvalue weighted by Gasteiger charge is -2.23. The Balaban J connectivity index is 0.000000838. The summed E-state index contributed by atoms with van der Waals surface area (Å²) in [7, 11) is 1.69. The van der Waals surface area contributed by atoms with Crippen LogP contribution >= 0.6 is 0 Å². The van der Waals surface area contributed by atoms with Crippen molar-refractivity contribution in [3.63, 3.8) is 0 Å². The van der Waals surface area contributed by atoms with Crippen LogP contribution in [0.1, 0.15) is 32.1 Å². The highest BCUT2D eigenvalue weighted by Gasteiger charge is 2.15. The van der Waals surface area contributed by atoms with Crippen molar-refractivity contribution >= 4 is 23.1 Å². The first-order valence-electron chi connectivity index (χ1n) is 9.13. The lowest BCUT2D eigenvalue weighted by Crippen LogP contribution is -2.23. The standard InChI is InChI=1S/C17H21NO2.C3H6O2.C2H6/c1-6-8-18(9-7-2)15-11-16-14(10-17(15)19-5)12(3)13(4)20-16;1-2-5-3-4;1-2/h6-7,10-11H,1-2,8-9H2,3-5H3;3H,2H2,1H3;1-2H3. The average molecular weight is 376 g/mol. The summed E-state index contributed by atoms with van der Waals surface area (Å²) < 4.78 is 15.5. The number of fused-ring (bicyclic) bond motifs is 1. The summed E-state index contributed by atoms with van der Waals surface area (Å²) in [5.41, 5.74) is 3.03. The first-order chi connectivity index (χ1) is 13.0. The molecule has 5 nitrogen and oxygen atoms in total. The van der Waals surface area contributed by atoms with Crippen LogP contribution in [0.25, 0.3) is 11.0 Å². The third kappa shape index (κ3) is 6.85. The molecule has 0 N–H and O–H groups in total. The van der Waals surface area contributed by atoms with E-state index in [1.807, 2.05) is 45.1 Å². The zero-order valence-electron chi connectivity index (χ0n) is 17.5. The van der Waals surface area contributed by atoms with Gasteiger partial charge in [-0.2, -0.15) is 0 Å². The molecule has 1 aromatic carbocycles. The van der Waals surface area contributed by atoms with Crippen LogP contribution in [0.2, 0.25) is 0 Å². The molecule has 0 bridgehead atoms. The number of carbonyl (C=O) groups excluding carboxylic acids is 1. The Morgan fingerprint density at radius 2 is 1.74 bits per heavy atom. The quantitative estimate of drug-likeness (QED) is 0.454.